The summed E-state index contributed by atoms with van der Waals surface area (Å²) in [5.41, 5.74) is 8.72. The molecule has 0 amide bonds. The van der Waals surface area contributed by atoms with E-state index in [2.05, 4.69) is 65.8 Å². The lowest BCUT2D eigenvalue weighted by Gasteiger charge is -2.16. The van der Waals surface area contributed by atoms with Crippen molar-refractivity contribution in [2.24, 2.45) is 0 Å². The number of allylic oxidation sites excluding steroid dienone is 20. The predicted octanol–water partition coefficient (Wildman–Crippen LogP) is 14.3. The molecule has 0 heterocycles. The van der Waals surface area contributed by atoms with Crippen LogP contribution in [0.25, 0.3) is 0 Å². The molecule has 6 heteroatoms. The SMILES string of the molecule is CC(C)=CCC/C(C)=C/C=C/C(C)=C/C(C/C(C)=C/C=C/C=C(\C)CC(/C=C(C)/C=C/C=C(\C)CCC=C(C)C)S(=O)(=O)c1ccccc1)S(=O)(=O)c1ccccc1. The van der Waals surface area contributed by atoms with Crippen molar-refractivity contribution in [3.8, 4) is 0 Å². The Morgan fingerprint density at radius 3 is 1.12 bits per heavy atom. The molecule has 0 bridgehead atoms. The molecule has 0 aliphatic carbocycles. The van der Waals surface area contributed by atoms with Gasteiger partial charge in [-0.2, -0.15) is 0 Å². The van der Waals surface area contributed by atoms with E-state index in [1.165, 1.54) is 22.3 Å². The first-order valence-corrected chi connectivity index (χ1v) is 23.4. The van der Waals surface area contributed by atoms with Crippen LogP contribution in [0.5, 0.6) is 0 Å². The van der Waals surface area contributed by atoms with Crippen molar-refractivity contribution in [1.82, 2.24) is 0 Å². The highest BCUT2D eigenvalue weighted by atomic mass is 32.2. The van der Waals surface area contributed by atoms with Crippen molar-refractivity contribution in [3.63, 3.8) is 0 Å². The van der Waals surface area contributed by atoms with Crippen molar-refractivity contribution in [1.29, 1.82) is 0 Å². The minimum absolute atomic E-state index is 0.298. The summed E-state index contributed by atoms with van der Waals surface area (Å²) >= 11 is 0. The van der Waals surface area contributed by atoms with Gasteiger partial charge in [0.25, 0.3) is 0 Å². The third-order valence-electron chi connectivity index (χ3n) is 9.42. The molecule has 0 N–H and O–H groups in total. The van der Waals surface area contributed by atoms with Gasteiger partial charge in [0.1, 0.15) is 0 Å². The van der Waals surface area contributed by atoms with Crippen molar-refractivity contribution < 1.29 is 16.8 Å². The molecule has 2 unspecified atom stereocenters. The summed E-state index contributed by atoms with van der Waals surface area (Å²) in [5, 5.41) is -1.50. The van der Waals surface area contributed by atoms with Crippen LogP contribution in [0.3, 0.4) is 0 Å². The predicted molar refractivity (Wildman–Crippen MR) is 251 cm³/mol. The topological polar surface area (TPSA) is 68.3 Å². The number of hydrogen-bond donors (Lipinski definition) is 0. The smallest absolute Gasteiger partial charge is 0.185 e. The Morgan fingerprint density at radius 2 is 0.793 bits per heavy atom. The Morgan fingerprint density at radius 1 is 0.466 bits per heavy atom. The molecule has 2 atom stereocenters. The average Bonchev–Trinajstić information content (AvgIpc) is 3.16. The number of rotatable bonds is 22. The molecule has 2 aromatic rings. The Labute approximate surface area is 353 Å². The lowest BCUT2D eigenvalue weighted by atomic mass is 10.1. The molecule has 0 spiro atoms. The fraction of sp³-hybridized carbons (Fsp3) is 0.346. The molecule has 0 aromatic heterocycles. The summed E-state index contributed by atoms with van der Waals surface area (Å²) in [6, 6.07) is 17.2. The lowest BCUT2D eigenvalue weighted by molar-refractivity contribution is 0.585. The molecule has 0 saturated carbocycles. The summed E-state index contributed by atoms with van der Waals surface area (Å²) in [4.78, 5) is 0.595. The Hall–Kier alpha value is -4.52. The third kappa shape index (κ3) is 19.3. The van der Waals surface area contributed by atoms with E-state index in [-0.39, 0.29) is 0 Å². The van der Waals surface area contributed by atoms with Crippen molar-refractivity contribution in [2.45, 2.75) is 128 Å². The highest BCUT2D eigenvalue weighted by molar-refractivity contribution is 7.92. The van der Waals surface area contributed by atoms with Gasteiger partial charge in [-0.25, -0.2) is 16.8 Å². The van der Waals surface area contributed by atoms with E-state index in [4.69, 9.17) is 0 Å². The van der Waals surface area contributed by atoms with Crippen molar-refractivity contribution in [3.05, 3.63) is 190 Å². The van der Waals surface area contributed by atoms with Crippen LogP contribution in [-0.4, -0.2) is 27.3 Å². The van der Waals surface area contributed by atoms with Gasteiger partial charge in [-0.3, -0.25) is 0 Å². The maximum atomic E-state index is 13.9. The van der Waals surface area contributed by atoms with Gasteiger partial charge in [-0.15, -0.1) is 0 Å². The molecular weight excluding hydrogens is 753 g/mol. The van der Waals surface area contributed by atoms with E-state index in [1.807, 2.05) is 101 Å². The fourth-order valence-corrected chi connectivity index (χ4v) is 9.59. The third-order valence-corrected chi connectivity index (χ3v) is 13.5. The molecule has 4 nitrogen and oxygen atoms in total. The molecule has 0 saturated heterocycles. The second kappa shape index (κ2) is 25.8. The monoisotopic (exact) mass is 820 g/mol. The van der Waals surface area contributed by atoms with Crippen LogP contribution in [-0.2, 0) is 19.7 Å². The molecule has 0 radical (unpaired) electrons. The number of hydrogen-bond acceptors (Lipinski definition) is 4. The molecule has 58 heavy (non-hydrogen) atoms. The lowest BCUT2D eigenvalue weighted by Crippen LogP contribution is -2.20. The Kier molecular flexibility index (Phi) is 22.0. The molecular formula is C52H68O4S2. The van der Waals surface area contributed by atoms with Gasteiger partial charge in [-0.05, 0) is 132 Å². The maximum Gasteiger partial charge on any atom is 0.185 e. The second-order valence-corrected chi connectivity index (χ2v) is 20.2. The fourth-order valence-electron chi connectivity index (χ4n) is 6.07. The van der Waals surface area contributed by atoms with Crippen LogP contribution in [0.2, 0.25) is 0 Å². The largest absolute Gasteiger partial charge is 0.223 e. The first kappa shape index (κ1) is 49.6. The van der Waals surface area contributed by atoms with Gasteiger partial charge in [-0.1, -0.05) is 166 Å². The highest BCUT2D eigenvalue weighted by Crippen LogP contribution is 2.26. The second-order valence-electron chi connectivity index (χ2n) is 15.8. The molecule has 0 aliphatic heterocycles. The summed E-state index contributed by atoms with van der Waals surface area (Å²) in [5.74, 6) is 0. The van der Waals surface area contributed by atoms with Crippen LogP contribution in [0.4, 0.5) is 0 Å². The van der Waals surface area contributed by atoms with Crippen LogP contribution >= 0.6 is 0 Å². The summed E-state index contributed by atoms with van der Waals surface area (Å²) in [7, 11) is -7.31. The quantitative estimate of drug-likeness (QED) is 0.0876. The first-order chi connectivity index (χ1) is 27.4. The molecule has 2 rings (SSSR count). The molecule has 0 aliphatic rings. The normalized spacial score (nSPS) is 15.3. The zero-order valence-electron chi connectivity index (χ0n) is 36.7. The van der Waals surface area contributed by atoms with Crippen LogP contribution < -0.4 is 0 Å². The first-order valence-electron chi connectivity index (χ1n) is 20.3. The van der Waals surface area contributed by atoms with Crippen LogP contribution in [0.1, 0.15) is 108 Å². The van der Waals surface area contributed by atoms with E-state index >= 15 is 0 Å². The molecule has 2 aromatic carbocycles. The van der Waals surface area contributed by atoms with E-state index < -0.39 is 30.2 Å². The van der Waals surface area contributed by atoms with Gasteiger partial charge < -0.3 is 0 Å². The average molecular weight is 821 g/mol. The zero-order chi connectivity index (χ0) is 43.1. The Bertz CT molecular complexity index is 2020. The van der Waals surface area contributed by atoms with E-state index in [1.54, 1.807) is 48.5 Å². The minimum Gasteiger partial charge on any atom is -0.223 e. The summed E-state index contributed by atoms with van der Waals surface area (Å²) < 4.78 is 55.5. The summed E-state index contributed by atoms with van der Waals surface area (Å²) in [6.07, 6.45) is 32.5. The van der Waals surface area contributed by atoms with E-state index in [0.717, 1.165) is 48.0 Å². The standard InChI is InChI=1S/C52H68O4S2/c1-41(2)23-19-27-43(5)29-21-31-47(9)39-51(57(53,54)49-33-13-11-14-34-49)37-45(7)25-17-18-26-46(8)38-52(58(55,56)50-35-15-12-16-36-50)40-48(10)32-22-30-44(6)28-20-24-42(3)4/h11-18,21-26,29-36,39-40,51-52H,19-20,27-28,37-38H2,1-10H3/b18-17+,31-21+,32-22+,43-29+,44-30+,45-25+,46-26+,47-39+,48-40+. The maximum absolute atomic E-state index is 13.9. The van der Waals surface area contributed by atoms with Gasteiger partial charge in [0.2, 0.25) is 0 Å². The van der Waals surface area contributed by atoms with Crippen LogP contribution in [0.15, 0.2) is 200 Å². The number of sulfone groups is 2. The summed E-state index contributed by atoms with van der Waals surface area (Å²) in [6.45, 7) is 20.4. The van der Waals surface area contributed by atoms with Crippen LogP contribution in [0, 0.1) is 0 Å². The van der Waals surface area contributed by atoms with Gasteiger partial charge in [0.15, 0.2) is 19.7 Å². The zero-order valence-corrected chi connectivity index (χ0v) is 38.3. The number of benzene rings is 2. The van der Waals surface area contributed by atoms with E-state index in [9.17, 15) is 16.8 Å². The molecule has 312 valence electrons. The minimum atomic E-state index is -3.66. The van der Waals surface area contributed by atoms with Gasteiger partial charge in [0.05, 0.1) is 20.3 Å². The van der Waals surface area contributed by atoms with Gasteiger partial charge in [0, 0.05) is 0 Å². The molecule has 0 fully saturated rings. The van der Waals surface area contributed by atoms with E-state index in [0.29, 0.717) is 22.6 Å². The van der Waals surface area contributed by atoms with Crippen molar-refractivity contribution >= 4 is 19.7 Å². The Balaban J connectivity index is 2.32. The van der Waals surface area contributed by atoms with Gasteiger partial charge >= 0.3 is 0 Å². The highest BCUT2D eigenvalue weighted by Gasteiger charge is 2.27. The van der Waals surface area contributed by atoms with Crippen molar-refractivity contribution in [2.75, 3.05) is 0 Å².